The molecule has 5 rings (SSSR count). The van der Waals surface area contributed by atoms with Gasteiger partial charge in [-0.15, -0.1) is 0 Å². The van der Waals surface area contributed by atoms with E-state index in [1.54, 1.807) is 6.92 Å². The number of para-hydroxylation sites is 1. The number of carbonyl (C=O) groups excluding carboxylic acids is 1. The number of rotatable bonds is 8. The molecule has 0 radical (unpaired) electrons. The molecule has 1 aromatic heterocycles. The third-order valence-electron chi connectivity index (χ3n) is 6.56. The van der Waals surface area contributed by atoms with Crippen LogP contribution < -0.4 is 5.32 Å². The maximum atomic E-state index is 13.3. The Morgan fingerprint density at radius 3 is 1.74 bits per heavy atom. The Hall–Kier alpha value is -4.11. The monoisotopic (exact) mass is 444 g/mol. The van der Waals surface area contributed by atoms with Gasteiger partial charge in [0.25, 0.3) is 0 Å². The van der Waals surface area contributed by atoms with Gasteiger partial charge in [-0.25, -0.2) is 0 Å². The normalized spacial score (nSPS) is 13.0. The molecule has 5 aromatic rings. The molecule has 0 amide bonds. The van der Waals surface area contributed by atoms with Gasteiger partial charge in [0.2, 0.25) is 0 Å². The van der Waals surface area contributed by atoms with Crippen molar-refractivity contribution < 1.29 is 4.79 Å². The SMILES string of the molecule is CC(=O)C(Nc1c[nH]c2ccccc12)C(c1ccccc1)C(c1ccccc1)c1ccccc1. The lowest BCUT2D eigenvalue weighted by atomic mass is 9.72. The Morgan fingerprint density at radius 2 is 1.18 bits per heavy atom. The van der Waals surface area contributed by atoms with Crippen LogP contribution in [0.3, 0.4) is 0 Å². The number of aromatic nitrogens is 1. The highest BCUT2D eigenvalue weighted by molar-refractivity contribution is 5.95. The minimum absolute atomic E-state index is 0.00333. The number of Topliss-reactive ketones (excluding diaryl/α,β-unsaturated/α-hetero) is 1. The first-order chi connectivity index (χ1) is 16.7. The van der Waals surface area contributed by atoms with Crippen molar-refractivity contribution in [2.75, 3.05) is 5.32 Å². The fraction of sp³-hybridized carbons (Fsp3) is 0.129. The molecule has 3 nitrogen and oxygen atoms in total. The summed E-state index contributed by atoms with van der Waals surface area (Å²) in [6, 6.07) is 39.2. The second kappa shape index (κ2) is 9.80. The van der Waals surface area contributed by atoms with Crippen molar-refractivity contribution in [3.63, 3.8) is 0 Å². The second-order valence-corrected chi connectivity index (χ2v) is 8.72. The molecule has 4 aromatic carbocycles. The van der Waals surface area contributed by atoms with Gasteiger partial charge in [0.1, 0.15) is 0 Å². The van der Waals surface area contributed by atoms with Crippen LogP contribution in [0.15, 0.2) is 121 Å². The van der Waals surface area contributed by atoms with Crippen molar-refractivity contribution in [1.29, 1.82) is 0 Å². The minimum atomic E-state index is -0.424. The molecule has 0 saturated heterocycles. The molecule has 0 spiro atoms. The van der Waals surface area contributed by atoms with E-state index in [4.69, 9.17) is 0 Å². The lowest BCUT2D eigenvalue weighted by Gasteiger charge is -2.35. The smallest absolute Gasteiger partial charge is 0.152 e. The molecule has 34 heavy (non-hydrogen) atoms. The summed E-state index contributed by atoms with van der Waals surface area (Å²) < 4.78 is 0. The first-order valence-corrected chi connectivity index (χ1v) is 11.7. The van der Waals surface area contributed by atoms with Crippen molar-refractivity contribution >= 4 is 22.4 Å². The van der Waals surface area contributed by atoms with E-state index in [0.29, 0.717) is 0 Å². The first kappa shape index (κ1) is 21.7. The Labute approximate surface area is 200 Å². The number of ketones is 1. The quantitative estimate of drug-likeness (QED) is 0.267. The number of H-pyrrole nitrogens is 1. The van der Waals surface area contributed by atoms with E-state index in [2.05, 4.69) is 95.2 Å². The van der Waals surface area contributed by atoms with Crippen molar-refractivity contribution in [2.45, 2.75) is 24.8 Å². The number of carbonyl (C=O) groups is 1. The third kappa shape index (κ3) is 4.38. The third-order valence-corrected chi connectivity index (χ3v) is 6.56. The molecular weight excluding hydrogens is 416 g/mol. The van der Waals surface area contributed by atoms with Crippen LogP contribution in [0.4, 0.5) is 5.69 Å². The fourth-order valence-corrected chi connectivity index (χ4v) is 4.98. The largest absolute Gasteiger partial charge is 0.373 e. The highest BCUT2D eigenvalue weighted by Crippen LogP contribution is 2.42. The highest BCUT2D eigenvalue weighted by atomic mass is 16.1. The van der Waals surface area contributed by atoms with Crippen LogP contribution in [0, 0.1) is 0 Å². The Kier molecular flexibility index (Phi) is 6.26. The summed E-state index contributed by atoms with van der Waals surface area (Å²) in [5.74, 6) is -0.00966. The number of fused-ring (bicyclic) bond motifs is 1. The molecule has 168 valence electrons. The van der Waals surface area contributed by atoms with Gasteiger partial charge in [0.05, 0.1) is 11.7 Å². The number of aromatic amines is 1. The van der Waals surface area contributed by atoms with Crippen LogP contribution in [-0.2, 0) is 4.79 Å². The van der Waals surface area contributed by atoms with E-state index >= 15 is 0 Å². The lowest BCUT2D eigenvalue weighted by molar-refractivity contribution is -0.118. The van der Waals surface area contributed by atoms with Crippen LogP contribution >= 0.6 is 0 Å². The van der Waals surface area contributed by atoms with E-state index in [0.717, 1.165) is 22.2 Å². The molecular formula is C31H28N2O. The topological polar surface area (TPSA) is 44.9 Å². The summed E-state index contributed by atoms with van der Waals surface area (Å²) in [4.78, 5) is 16.6. The van der Waals surface area contributed by atoms with Crippen LogP contribution in [0.25, 0.3) is 10.9 Å². The summed E-state index contributed by atoms with van der Waals surface area (Å²) in [5.41, 5.74) is 5.50. The maximum Gasteiger partial charge on any atom is 0.152 e. The van der Waals surface area contributed by atoms with Crippen LogP contribution in [0.2, 0.25) is 0 Å². The van der Waals surface area contributed by atoms with Gasteiger partial charge in [-0.05, 0) is 29.7 Å². The number of hydrogen-bond acceptors (Lipinski definition) is 2. The lowest BCUT2D eigenvalue weighted by Crippen LogP contribution is -2.37. The van der Waals surface area contributed by atoms with E-state index in [9.17, 15) is 4.79 Å². The molecule has 2 atom stereocenters. The van der Waals surface area contributed by atoms with Gasteiger partial charge in [-0.2, -0.15) is 0 Å². The molecule has 0 aliphatic heterocycles. The molecule has 0 fully saturated rings. The zero-order chi connectivity index (χ0) is 23.3. The number of anilines is 1. The average Bonchev–Trinajstić information content (AvgIpc) is 3.30. The molecule has 0 bridgehead atoms. The summed E-state index contributed by atoms with van der Waals surface area (Å²) in [6.07, 6.45) is 1.96. The molecule has 2 unspecified atom stereocenters. The van der Waals surface area contributed by atoms with E-state index in [1.807, 2.05) is 36.5 Å². The molecule has 2 N–H and O–H groups in total. The van der Waals surface area contributed by atoms with Crippen molar-refractivity contribution in [2.24, 2.45) is 0 Å². The number of benzene rings is 4. The highest BCUT2D eigenvalue weighted by Gasteiger charge is 2.36. The van der Waals surface area contributed by atoms with Gasteiger partial charge in [-0.1, -0.05) is 109 Å². The van der Waals surface area contributed by atoms with Crippen LogP contribution in [0.5, 0.6) is 0 Å². The fourth-order valence-electron chi connectivity index (χ4n) is 4.98. The van der Waals surface area contributed by atoms with Gasteiger partial charge in [0, 0.05) is 28.9 Å². The summed E-state index contributed by atoms with van der Waals surface area (Å²) >= 11 is 0. The minimum Gasteiger partial charge on any atom is -0.373 e. The Bertz CT molecular complexity index is 1320. The predicted octanol–water partition coefficient (Wildman–Crippen LogP) is 7.15. The maximum absolute atomic E-state index is 13.3. The van der Waals surface area contributed by atoms with Crippen molar-refractivity contribution in [3.8, 4) is 0 Å². The first-order valence-electron chi connectivity index (χ1n) is 11.7. The molecule has 0 aliphatic rings. The van der Waals surface area contributed by atoms with E-state index in [1.165, 1.54) is 11.1 Å². The van der Waals surface area contributed by atoms with Crippen molar-refractivity contribution in [1.82, 2.24) is 4.98 Å². The average molecular weight is 445 g/mol. The number of nitrogens with one attached hydrogen (secondary N) is 2. The molecule has 0 aliphatic carbocycles. The van der Waals surface area contributed by atoms with Gasteiger partial charge >= 0.3 is 0 Å². The van der Waals surface area contributed by atoms with E-state index < -0.39 is 6.04 Å². The number of hydrogen-bond donors (Lipinski definition) is 2. The van der Waals surface area contributed by atoms with Gasteiger partial charge < -0.3 is 10.3 Å². The molecule has 1 heterocycles. The van der Waals surface area contributed by atoms with Gasteiger partial charge in [-0.3, -0.25) is 4.79 Å². The second-order valence-electron chi connectivity index (χ2n) is 8.72. The standard InChI is InChI=1S/C31H28N2O/c1-22(34)31(33-28-21-32-27-20-12-11-19-26(27)28)30(25-17-9-4-10-18-25)29(23-13-5-2-6-14-23)24-15-7-3-8-16-24/h2-21,29-33H,1H3. The molecule has 0 saturated carbocycles. The summed E-state index contributed by atoms with van der Waals surface area (Å²) in [6.45, 7) is 1.69. The molecule has 3 heteroatoms. The summed E-state index contributed by atoms with van der Waals surface area (Å²) in [7, 11) is 0. The summed E-state index contributed by atoms with van der Waals surface area (Å²) in [5, 5.41) is 4.72. The van der Waals surface area contributed by atoms with E-state index in [-0.39, 0.29) is 17.6 Å². The predicted molar refractivity (Wildman–Crippen MR) is 140 cm³/mol. The van der Waals surface area contributed by atoms with Crippen LogP contribution in [0.1, 0.15) is 35.4 Å². The van der Waals surface area contributed by atoms with Crippen LogP contribution in [-0.4, -0.2) is 16.8 Å². The zero-order valence-electron chi connectivity index (χ0n) is 19.2. The zero-order valence-corrected chi connectivity index (χ0v) is 19.2. The van der Waals surface area contributed by atoms with Crippen molar-refractivity contribution in [3.05, 3.63) is 138 Å². The Morgan fingerprint density at radius 1 is 0.676 bits per heavy atom. The van der Waals surface area contributed by atoms with Gasteiger partial charge in [0.15, 0.2) is 5.78 Å². The Balaban J connectivity index is 1.68.